The molecule has 150 valence electrons. The molecule has 0 saturated heterocycles. The molecule has 0 amide bonds. The lowest BCUT2D eigenvalue weighted by Gasteiger charge is -2.14. The van der Waals surface area contributed by atoms with Crippen molar-refractivity contribution in [3.05, 3.63) is 91.0 Å². The van der Waals surface area contributed by atoms with Crippen molar-refractivity contribution in [2.24, 2.45) is 4.99 Å². The summed E-state index contributed by atoms with van der Waals surface area (Å²) in [4.78, 5) is 31.5. The fraction of sp³-hybridized carbons (Fsp3) is 0.143. The number of nitrogens with zero attached hydrogens (tertiary/aromatic N) is 5. The van der Waals surface area contributed by atoms with E-state index in [0.29, 0.717) is 16.8 Å². The Hall–Kier alpha value is -4.32. The molecule has 0 aliphatic carbocycles. The van der Waals surface area contributed by atoms with E-state index in [1.165, 1.54) is 19.2 Å². The highest BCUT2D eigenvalue weighted by atomic mass is 16.6. The number of aromatic hydroxyl groups is 1. The van der Waals surface area contributed by atoms with Gasteiger partial charge in [0.2, 0.25) is 5.88 Å². The van der Waals surface area contributed by atoms with Crippen LogP contribution < -0.4 is 5.56 Å². The van der Waals surface area contributed by atoms with E-state index in [0.717, 1.165) is 4.57 Å². The van der Waals surface area contributed by atoms with Crippen LogP contribution in [-0.2, 0) is 6.54 Å². The average Bonchev–Trinajstić information content (AvgIpc) is 2.73. The number of pyridine rings is 2. The number of rotatable bonds is 5. The van der Waals surface area contributed by atoms with Gasteiger partial charge in [0, 0.05) is 30.2 Å². The van der Waals surface area contributed by atoms with Crippen molar-refractivity contribution < 1.29 is 10.0 Å². The molecular formula is C21H17N5O4. The van der Waals surface area contributed by atoms with Crippen molar-refractivity contribution in [1.29, 1.82) is 5.26 Å². The van der Waals surface area contributed by atoms with Gasteiger partial charge in [0.1, 0.15) is 11.6 Å². The molecule has 0 spiro atoms. The lowest BCUT2D eigenvalue weighted by Crippen LogP contribution is -2.26. The number of hydrogen-bond acceptors (Lipinski definition) is 7. The molecule has 0 aliphatic rings. The van der Waals surface area contributed by atoms with Crippen LogP contribution in [0.25, 0.3) is 0 Å². The Balaban J connectivity index is 2.11. The molecule has 2 aromatic heterocycles. The van der Waals surface area contributed by atoms with Crippen LogP contribution >= 0.6 is 0 Å². The maximum Gasteiger partial charge on any atom is 0.274 e. The maximum absolute atomic E-state index is 12.7. The second kappa shape index (κ2) is 8.36. The fourth-order valence-corrected chi connectivity index (χ4v) is 2.96. The molecule has 3 rings (SSSR count). The van der Waals surface area contributed by atoms with Crippen molar-refractivity contribution in [1.82, 2.24) is 9.55 Å². The zero-order valence-corrected chi connectivity index (χ0v) is 16.2. The minimum atomic E-state index is -0.625. The summed E-state index contributed by atoms with van der Waals surface area (Å²) < 4.78 is 1.07. The van der Waals surface area contributed by atoms with Crippen LogP contribution in [0.4, 0.5) is 11.4 Å². The van der Waals surface area contributed by atoms with Crippen molar-refractivity contribution in [2.45, 2.75) is 20.4 Å². The summed E-state index contributed by atoms with van der Waals surface area (Å²) in [5.41, 5.74) is 1.09. The molecule has 1 aromatic carbocycles. The van der Waals surface area contributed by atoms with Crippen LogP contribution in [0.5, 0.6) is 5.88 Å². The third-order valence-corrected chi connectivity index (χ3v) is 4.64. The number of nitro benzene ring substituents is 1. The first-order valence-electron chi connectivity index (χ1n) is 8.88. The number of aryl methyl sites for hydroxylation is 1. The molecule has 0 radical (unpaired) electrons. The zero-order chi connectivity index (χ0) is 21.8. The van der Waals surface area contributed by atoms with Crippen LogP contribution in [0, 0.1) is 35.3 Å². The van der Waals surface area contributed by atoms with Gasteiger partial charge in [-0.05, 0) is 37.1 Å². The number of hydrogen-bond donors (Lipinski definition) is 1. The summed E-state index contributed by atoms with van der Waals surface area (Å²) in [6.45, 7) is 3.17. The highest BCUT2D eigenvalue weighted by Crippen LogP contribution is 2.26. The smallest absolute Gasteiger partial charge is 0.274 e. The number of aromatic nitrogens is 2. The zero-order valence-electron chi connectivity index (χ0n) is 16.2. The van der Waals surface area contributed by atoms with E-state index in [2.05, 4.69) is 9.98 Å². The van der Waals surface area contributed by atoms with Crippen molar-refractivity contribution in [3.63, 3.8) is 0 Å². The number of nitriles is 1. The molecule has 2 heterocycles. The molecule has 9 heteroatoms. The summed E-state index contributed by atoms with van der Waals surface area (Å²) in [6.07, 6.45) is 4.43. The van der Waals surface area contributed by atoms with E-state index >= 15 is 0 Å². The summed E-state index contributed by atoms with van der Waals surface area (Å²) in [5.74, 6) is -0.356. The average molecular weight is 403 g/mol. The van der Waals surface area contributed by atoms with Crippen molar-refractivity contribution >= 4 is 17.6 Å². The number of aliphatic imine (C=N–C) groups is 1. The first kappa shape index (κ1) is 20.4. The van der Waals surface area contributed by atoms with Crippen molar-refractivity contribution in [2.75, 3.05) is 0 Å². The van der Waals surface area contributed by atoms with E-state index in [-0.39, 0.29) is 34.8 Å². The lowest BCUT2D eigenvalue weighted by atomic mass is 10.1. The summed E-state index contributed by atoms with van der Waals surface area (Å²) in [7, 11) is 0. The van der Waals surface area contributed by atoms with Crippen LogP contribution in [0.15, 0.2) is 52.5 Å². The molecule has 0 aliphatic heterocycles. The largest absolute Gasteiger partial charge is 0.494 e. The summed E-state index contributed by atoms with van der Waals surface area (Å²) in [5, 5.41) is 31.3. The minimum absolute atomic E-state index is 0.0182. The number of benzene rings is 1. The van der Waals surface area contributed by atoms with Gasteiger partial charge in [-0.3, -0.25) is 29.5 Å². The second-order valence-electron chi connectivity index (χ2n) is 6.59. The minimum Gasteiger partial charge on any atom is -0.494 e. The van der Waals surface area contributed by atoms with Gasteiger partial charge in [-0.2, -0.15) is 5.26 Å². The van der Waals surface area contributed by atoms with Crippen LogP contribution in [0.3, 0.4) is 0 Å². The standard InChI is InChI=1S/C21H17N5O4/c1-13-5-6-16(8-19(13)26(29)30)24-11-18-14(2)17(9-22)20(27)25(21(18)28)12-15-4-3-7-23-10-15/h3-8,10-11,28H,12H2,1-2H3. The van der Waals surface area contributed by atoms with Crippen LogP contribution in [0.1, 0.15) is 27.8 Å². The SMILES string of the molecule is Cc1ccc(N=Cc2c(C)c(C#N)c(=O)n(Cc3cccnc3)c2O)cc1[N+](=O)[O-]. The molecule has 30 heavy (non-hydrogen) atoms. The van der Waals surface area contributed by atoms with Gasteiger partial charge in [-0.1, -0.05) is 12.1 Å². The summed E-state index contributed by atoms with van der Waals surface area (Å²) >= 11 is 0. The lowest BCUT2D eigenvalue weighted by molar-refractivity contribution is -0.385. The van der Waals surface area contributed by atoms with Gasteiger partial charge in [-0.15, -0.1) is 0 Å². The summed E-state index contributed by atoms with van der Waals surface area (Å²) in [6, 6.07) is 9.80. The van der Waals surface area contributed by atoms with Gasteiger partial charge >= 0.3 is 0 Å². The Morgan fingerprint density at radius 3 is 2.77 bits per heavy atom. The Kier molecular flexibility index (Phi) is 5.69. The molecule has 1 N–H and O–H groups in total. The Morgan fingerprint density at radius 2 is 2.13 bits per heavy atom. The third-order valence-electron chi connectivity index (χ3n) is 4.64. The molecular weight excluding hydrogens is 386 g/mol. The topological polar surface area (TPSA) is 134 Å². The molecule has 0 saturated carbocycles. The normalized spacial score (nSPS) is 10.8. The van der Waals surface area contributed by atoms with Gasteiger partial charge in [0.25, 0.3) is 11.2 Å². The molecule has 9 nitrogen and oxygen atoms in total. The highest BCUT2D eigenvalue weighted by molar-refractivity contribution is 5.87. The van der Waals surface area contributed by atoms with Crippen LogP contribution in [0.2, 0.25) is 0 Å². The Bertz CT molecular complexity index is 1260. The van der Waals surface area contributed by atoms with Gasteiger partial charge in [0.15, 0.2) is 0 Å². The monoisotopic (exact) mass is 403 g/mol. The Morgan fingerprint density at radius 1 is 1.37 bits per heavy atom. The second-order valence-corrected chi connectivity index (χ2v) is 6.59. The van der Waals surface area contributed by atoms with Gasteiger partial charge in [0.05, 0.1) is 22.7 Å². The van der Waals surface area contributed by atoms with E-state index in [1.807, 2.05) is 6.07 Å². The maximum atomic E-state index is 12.7. The molecule has 3 aromatic rings. The predicted octanol–water partition coefficient (Wildman–Crippen LogP) is 3.14. The van der Waals surface area contributed by atoms with Crippen molar-refractivity contribution in [3.8, 4) is 11.9 Å². The fourth-order valence-electron chi connectivity index (χ4n) is 2.96. The van der Waals surface area contributed by atoms with Gasteiger partial charge in [-0.25, -0.2) is 0 Å². The highest BCUT2D eigenvalue weighted by Gasteiger charge is 2.18. The van der Waals surface area contributed by atoms with E-state index in [4.69, 9.17) is 0 Å². The molecule has 0 bridgehead atoms. The van der Waals surface area contributed by atoms with Crippen LogP contribution in [-0.4, -0.2) is 25.8 Å². The first-order chi connectivity index (χ1) is 14.3. The van der Waals surface area contributed by atoms with E-state index in [1.54, 1.807) is 43.6 Å². The molecule has 0 atom stereocenters. The predicted molar refractivity (Wildman–Crippen MR) is 110 cm³/mol. The van der Waals surface area contributed by atoms with E-state index in [9.17, 15) is 25.3 Å². The Labute approximate surface area is 171 Å². The number of nitro groups is 1. The van der Waals surface area contributed by atoms with Gasteiger partial charge < -0.3 is 5.11 Å². The quantitative estimate of drug-likeness (QED) is 0.395. The third kappa shape index (κ3) is 3.93. The molecule has 0 fully saturated rings. The van der Waals surface area contributed by atoms with E-state index < -0.39 is 10.5 Å². The first-order valence-corrected chi connectivity index (χ1v) is 8.88. The molecule has 0 unspecified atom stereocenters.